The van der Waals surface area contributed by atoms with Crippen molar-refractivity contribution in [1.29, 1.82) is 0 Å². The molecule has 2 rings (SSSR count). The summed E-state index contributed by atoms with van der Waals surface area (Å²) in [4.78, 5) is 0. The minimum Gasteiger partial charge on any atom is -0.376 e. The maximum Gasteiger partial charge on any atom is 0.416 e. The smallest absolute Gasteiger partial charge is 0.376 e. The molecule has 0 aliphatic heterocycles. The van der Waals surface area contributed by atoms with Crippen LogP contribution in [0.1, 0.15) is 29.7 Å². The van der Waals surface area contributed by atoms with Gasteiger partial charge in [0.15, 0.2) is 0 Å². The summed E-state index contributed by atoms with van der Waals surface area (Å²) in [6, 6.07) is 9.93. The van der Waals surface area contributed by atoms with Crippen LogP contribution in [0, 0.1) is 12.7 Å². The number of benzene rings is 2. The number of anilines is 1. The molecule has 0 aliphatic carbocycles. The largest absolute Gasteiger partial charge is 0.416 e. The lowest BCUT2D eigenvalue weighted by atomic mass is 10.1. The number of rotatable bonds is 3. The van der Waals surface area contributed by atoms with Gasteiger partial charge in [-0.25, -0.2) is 4.39 Å². The summed E-state index contributed by atoms with van der Waals surface area (Å²) in [5, 5.41) is 2.88. The zero-order valence-corrected chi connectivity index (χ0v) is 11.6. The van der Waals surface area contributed by atoms with Gasteiger partial charge < -0.3 is 5.32 Å². The fraction of sp³-hybridized carbons (Fsp3) is 0.250. The van der Waals surface area contributed by atoms with Gasteiger partial charge in [0.05, 0.1) is 11.3 Å². The Morgan fingerprint density at radius 2 is 1.62 bits per heavy atom. The van der Waals surface area contributed by atoms with Crippen LogP contribution in [0.2, 0.25) is 0 Å². The Morgan fingerprint density at radius 3 is 2.14 bits per heavy atom. The van der Waals surface area contributed by atoms with Crippen molar-refractivity contribution < 1.29 is 17.6 Å². The molecule has 1 atom stereocenters. The van der Waals surface area contributed by atoms with Crippen molar-refractivity contribution in [3.8, 4) is 0 Å². The zero-order valence-electron chi connectivity index (χ0n) is 11.6. The Bertz CT molecular complexity index is 617. The molecule has 0 spiro atoms. The summed E-state index contributed by atoms with van der Waals surface area (Å²) in [5.74, 6) is -0.913. The normalized spacial score (nSPS) is 13.0. The van der Waals surface area contributed by atoms with Gasteiger partial charge in [0.1, 0.15) is 5.82 Å². The first-order chi connectivity index (χ1) is 9.77. The summed E-state index contributed by atoms with van der Waals surface area (Å²) >= 11 is 0. The lowest BCUT2D eigenvalue weighted by Crippen LogP contribution is -2.10. The van der Waals surface area contributed by atoms with Crippen molar-refractivity contribution in [3.63, 3.8) is 0 Å². The highest BCUT2D eigenvalue weighted by Gasteiger charge is 2.31. The summed E-state index contributed by atoms with van der Waals surface area (Å²) < 4.78 is 51.2. The molecule has 0 fully saturated rings. The van der Waals surface area contributed by atoms with Crippen LogP contribution in [0.15, 0.2) is 42.5 Å². The average molecular weight is 297 g/mol. The van der Waals surface area contributed by atoms with Crippen molar-refractivity contribution in [2.24, 2.45) is 0 Å². The Kier molecular flexibility index (Phi) is 4.21. The molecule has 0 bridgehead atoms. The standard InChI is InChI=1S/C16H15F4N/c1-10-3-5-12(6-4-10)11(2)21-15-8-7-13(9-14(15)17)16(18,19)20/h3-9,11,21H,1-2H3. The van der Waals surface area contributed by atoms with E-state index in [0.717, 1.165) is 23.3 Å². The number of halogens is 4. The predicted octanol–water partition coefficient (Wildman–Crippen LogP) is 5.33. The lowest BCUT2D eigenvalue weighted by Gasteiger charge is -2.17. The van der Waals surface area contributed by atoms with Gasteiger partial charge in [-0.05, 0) is 37.6 Å². The number of alkyl halides is 3. The van der Waals surface area contributed by atoms with Crippen LogP contribution in [-0.2, 0) is 6.18 Å². The molecule has 1 unspecified atom stereocenters. The van der Waals surface area contributed by atoms with E-state index < -0.39 is 17.6 Å². The van der Waals surface area contributed by atoms with Gasteiger partial charge in [0, 0.05) is 6.04 Å². The monoisotopic (exact) mass is 297 g/mol. The number of nitrogens with one attached hydrogen (secondary N) is 1. The zero-order chi connectivity index (χ0) is 15.6. The molecule has 2 aromatic rings. The van der Waals surface area contributed by atoms with Crippen LogP contribution in [0.5, 0.6) is 0 Å². The van der Waals surface area contributed by atoms with Crippen LogP contribution >= 0.6 is 0 Å². The molecule has 5 heteroatoms. The third-order valence-electron chi connectivity index (χ3n) is 3.25. The SMILES string of the molecule is Cc1ccc(C(C)Nc2ccc(C(F)(F)F)cc2F)cc1. The average Bonchev–Trinajstić information content (AvgIpc) is 2.40. The first-order valence-corrected chi connectivity index (χ1v) is 6.47. The first-order valence-electron chi connectivity index (χ1n) is 6.47. The van der Waals surface area contributed by atoms with Gasteiger partial charge in [0.25, 0.3) is 0 Å². The molecule has 1 nitrogen and oxygen atoms in total. The van der Waals surface area contributed by atoms with E-state index >= 15 is 0 Å². The van der Waals surface area contributed by atoms with Crippen LogP contribution in [-0.4, -0.2) is 0 Å². The fourth-order valence-corrected chi connectivity index (χ4v) is 1.98. The van der Waals surface area contributed by atoms with Gasteiger partial charge in [-0.1, -0.05) is 29.8 Å². The third-order valence-corrected chi connectivity index (χ3v) is 3.25. The maximum atomic E-state index is 13.8. The second kappa shape index (κ2) is 5.76. The quantitative estimate of drug-likeness (QED) is 0.755. The van der Waals surface area contributed by atoms with Gasteiger partial charge in [-0.3, -0.25) is 0 Å². The van der Waals surface area contributed by atoms with E-state index in [1.54, 1.807) is 0 Å². The molecule has 0 saturated carbocycles. The van der Waals surface area contributed by atoms with Gasteiger partial charge in [-0.15, -0.1) is 0 Å². The molecule has 0 heterocycles. The third kappa shape index (κ3) is 3.74. The second-order valence-electron chi connectivity index (χ2n) is 4.97. The van der Waals surface area contributed by atoms with E-state index in [-0.39, 0.29) is 11.7 Å². The van der Waals surface area contributed by atoms with E-state index in [4.69, 9.17) is 0 Å². The number of aryl methyl sites for hydroxylation is 1. The highest BCUT2D eigenvalue weighted by atomic mass is 19.4. The summed E-state index contributed by atoms with van der Waals surface area (Å²) in [5.41, 5.74) is 1.09. The van der Waals surface area contributed by atoms with E-state index in [1.165, 1.54) is 0 Å². The Labute approximate surface area is 120 Å². The molecule has 0 radical (unpaired) electrons. The molecule has 0 aromatic heterocycles. The molecule has 0 aliphatic rings. The van der Waals surface area contributed by atoms with Crippen LogP contribution < -0.4 is 5.32 Å². The molecule has 0 amide bonds. The van der Waals surface area contributed by atoms with Crippen molar-refractivity contribution in [2.75, 3.05) is 5.32 Å². The minimum atomic E-state index is -4.54. The molecule has 2 aromatic carbocycles. The van der Waals surface area contributed by atoms with E-state index in [2.05, 4.69) is 5.32 Å². The highest BCUT2D eigenvalue weighted by Crippen LogP contribution is 2.32. The molecular weight excluding hydrogens is 282 g/mol. The van der Waals surface area contributed by atoms with Gasteiger partial charge in [0.2, 0.25) is 0 Å². The van der Waals surface area contributed by atoms with Crippen molar-refractivity contribution in [3.05, 3.63) is 65.0 Å². The maximum absolute atomic E-state index is 13.8. The number of hydrogen-bond donors (Lipinski definition) is 1. The van der Waals surface area contributed by atoms with E-state index in [9.17, 15) is 17.6 Å². The predicted molar refractivity (Wildman–Crippen MR) is 74.6 cm³/mol. The van der Waals surface area contributed by atoms with Crippen LogP contribution in [0.3, 0.4) is 0 Å². The molecule has 21 heavy (non-hydrogen) atoms. The Hall–Kier alpha value is -2.04. The Balaban J connectivity index is 2.18. The van der Waals surface area contributed by atoms with Crippen molar-refractivity contribution in [1.82, 2.24) is 0 Å². The summed E-state index contributed by atoms with van der Waals surface area (Å²) in [6.45, 7) is 3.78. The summed E-state index contributed by atoms with van der Waals surface area (Å²) in [6.07, 6.45) is -4.54. The Morgan fingerprint density at radius 1 is 1.00 bits per heavy atom. The first kappa shape index (κ1) is 15.4. The van der Waals surface area contributed by atoms with E-state index in [0.29, 0.717) is 6.07 Å². The van der Waals surface area contributed by atoms with Gasteiger partial charge >= 0.3 is 6.18 Å². The summed E-state index contributed by atoms with van der Waals surface area (Å²) in [7, 11) is 0. The minimum absolute atomic E-state index is 0.0519. The van der Waals surface area contributed by atoms with Crippen LogP contribution in [0.4, 0.5) is 23.2 Å². The lowest BCUT2D eigenvalue weighted by molar-refractivity contribution is -0.137. The fourth-order valence-electron chi connectivity index (χ4n) is 1.98. The molecule has 1 N–H and O–H groups in total. The second-order valence-corrected chi connectivity index (χ2v) is 4.97. The van der Waals surface area contributed by atoms with Crippen molar-refractivity contribution in [2.45, 2.75) is 26.1 Å². The highest BCUT2D eigenvalue weighted by molar-refractivity contribution is 5.48. The van der Waals surface area contributed by atoms with Crippen molar-refractivity contribution >= 4 is 5.69 Å². The van der Waals surface area contributed by atoms with Crippen LogP contribution in [0.25, 0.3) is 0 Å². The molecular formula is C16H15F4N. The van der Waals surface area contributed by atoms with E-state index in [1.807, 2.05) is 38.1 Å². The molecule has 0 saturated heterocycles. The molecule has 112 valence electrons. The topological polar surface area (TPSA) is 12.0 Å². The number of hydrogen-bond acceptors (Lipinski definition) is 1. The van der Waals surface area contributed by atoms with Gasteiger partial charge in [-0.2, -0.15) is 13.2 Å².